The van der Waals surface area contributed by atoms with Gasteiger partial charge in [-0.05, 0) is 42.7 Å². The standard InChI is InChI=1S/C12H14BrN/c1-14-8-10-6-2-4-9-5-3-7-11(13)12(9)10/h3,5-7,14H,2,4,8H2,1H3. The second kappa shape index (κ2) is 4.28. The van der Waals surface area contributed by atoms with Gasteiger partial charge in [0.2, 0.25) is 0 Å². The molecule has 0 radical (unpaired) electrons. The summed E-state index contributed by atoms with van der Waals surface area (Å²) in [4.78, 5) is 0. The first kappa shape index (κ1) is 9.94. The summed E-state index contributed by atoms with van der Waals surface area (Å²) in [7, 11) is 1.99. The van der Waals surface area contributed by atoms with Gasteiger partial charge in [0.25, 0.3) is 0 Å². The van der Waals surface area contributed by atoms with Crippen LogP contribution in [0, 0.1) is 0 Å². The summed E-state index contributed by atoms with van der Waals surface area (Å²) >= 11 is 3.62. The Balaban J connectivity index is 2.45. The van der Waals surface area contributed by atoms with Gasteiger partial charge in [0.05, 0.1) is 0 Å². The zero-order valence-corrected chi connectivity index (χ0v) is 9.89. The quantitative estimate of drug-likeness (QED) is 0.853. The molecule has 2 heteroatoms. The topological polar surface area (TPSA) is 12.0 Å². The molecule has 74 valence electrons. The second-order valence-corrected chi connectivity index (χ2v) is 4.43. The van der Waals surface area contributed by atoms with Crippen LogP contribution < -0.4 is 5.32 Å². The molecular weight excluding hydrogens is 238 g/mol. The molecule has 2 rings (SSSR count). The lowest BCUT2D eigenvalue weighted by Crippen LogP contribution is -2.13. The van der Waals surface area contributed by atoms with Crippen LogP contribution in [0.1, 0.15) is 17.5 Å². The summed E-state index contributed by atoms with van der Waals surface area (Å²) in [6, 6.07) is 6.46. The van der Waals surface area contributed by atoms with Gasteiger partial charge in [0, 0.05) is 11.0 Å². The average Bonchev–Trinajstić information content (AvgIpc) is 2.19. The average molecular weight is 252 g/mol. The van der Waals surface area contributed by atoms with Crippen molar-refractivity contribution < 1.29 is 0 Å². The number of allylic oxidation sites excluding steroid dienone is 1. The summed E-state index contributed by atoms with van der Waals surface area (Å²) in [6.07, 6.45) is 4.67. The summed E-state index contributed by atoms with van der Waals surface area (Å²) in [5.74, 6) is 0. The molecule has 14 heavy (non-hydrogen) atoms. The van der Waals surface area contributed by atoms with Crippen LogP contribution in [0.25, 0.3) is 5.57 Å². The van der Waals surface area contributed by atoms with Crippen molar-refractivity contribution in [1.82, 2.24) is 5.32 Å². The van der Waals surface area contributed by atoms with Gasteiger partial charge in [0.15, 0.2) is 0 Å². The minimum absolute atomic E-state index is 0.954. The van der Waals surface area contributed by atoms with Crippen molar-refractivity contribution in [2.75, 3.05) is 13.6 Å². The van der Waals surface area contributed by atoms with Crippen molar-refractivity contribution in [3.63, 3.8) is 0 Å². The molecule has 1 aromatic rings. The molecule has 0 unspecified atom stereocenters. The molecular formula is C12H14BrN. The van der Waals surface area contributed by atoms with Gasteiger partial charge in [-0.1, -0.05) is 34.1 Å². The predicted molar refractivity (Wildman–Crippen MR) is 64.4 cm³/mol. The fourth-order valence-electron chi connectivity index (χ4n) is 1.99. The van der Waals surface area contributed by atoms with Gasteiger partial charge < -0.3 is 5.32 Å². The molecule has 1 aliphatic carbocycles. The second-order valence-electron chi connectivity index (χ2n) is 3.57. The molecule has 0 aromatic heterocycles. The Morgan fingerprint density at radius 2 is 2.29 bits per heavy atom. The largest absolute Gasteiger partial charge is 0.316 e. The fraction of sp³-hybridized carbons (Fsp3) is 0.333. The molecule has 1 N–H and O–H groups in total. The molecule has 0 amide bonds. The first-order valence-electron chi connectivity index (χ1n) is 4.94. The Morgan fingerprint density at radius 1 is 1.43 bits per heavy atom. The van der Waals surface area contributed by atoms with E-state index in [4.69, 9.17) is 0 Å². The van der Waals surface area contributed by atoms with E-state index in [0.29, 0.717) is 0 Å². The van der Waals surface area contributed by atoms with E-state index in [1.54, 1.807) is 0 Å². The molecule has 1 nitrogen and oxygen atoms in total. The first-order valence-corrected chi connectivity index (χ1v) is 5.73. The van der Waals surface area contributed by atoms with Gasteiger partial charge in [-0.2, -0.15) is 0 Å². The maximum Gasteiger partial charge on any atom is 0.0253 e. The molecule has 0 fully saturated rings. The molecule has 0 spiro atoms. The van der Waals surface area contributed by atoms with E-state index >= 15 is 0 Å². The SMILES string of the molecule is CNCC1=CCCc2cccc(Br)c21. The zero-order valence-electron chi connectivity index (χ0n) is 8.31. The summed E-state index contributed by atoms with van der Waals surface area (Å²) in [6.45, 7) is 0.954. The Bertz CT molecular complexity index is 369. The van der Waals surface area contributed by atoms with Crippen LogP contribution in [-0.2, 0) is 6.42 Å². The number of halogens is 1. The van der Waals surface area contributed by atoms with Crippen molar-refractivity contribution in [2.45, 2.75) is 12.8 Å². The number of hydrogen-bond acceptors (Lipinski definition) is 1. The highest BCUT2D eigenvalue weighted by molar-refractivity contribution is 9.10. The third-order valence-electron chi connectivity index (χ3n) is 2.59. The van der Waals surface area contributed by atoms with Gasteiger partial charge in [0.1, 0.15) is 0 Å². The van der Waals surface area contributed by atoms with E-state index in [1.807, 2.05) is 7.05 Å². The minimum Gasteiger partial charge on any atom is -0.316 e. The van der Waals surface area contributed by atoms with Gasteiger partial charge >= 0.3 is 0 Å². The monoisotopic (exact) mass is 251 g/mol. The molecule has 0 saturated carbocycles. The van der Waals surface area contributed by atoms with Crippen molar-refractivity contribution >= 4 is 21.5 Å². The van der Waals surface area contributed by atoms with E-state index in [0.717, 1.165) is 6.54 Å². The lowest BCUT2D eigenvalue weighted by Gasteiger charge is -2.19. The highest BCUT2D eigenvalue weighted by Gasteiger charge is 2.14. The third kappa shape index (κ3) is 1.77. The maximum absolute atomic E-state index is 3.62. The van der Waals surface area contributed by atoms with Crippen LogP contribution in [0.15, 0.2) is 28.7 Å². The zero-order chi connectivity index (χ0) is 9.97. The molecule has 1 aromatic carbocycles. The van der Waals surface area contributed by atoms with Crippen LogP contribution in [0.3, 0.4) is 0 Å². The smallest absolute Gasteiger partial charge is 0.0253 e. The molecule has 0 atom stereocenters. The van der Waals surface area contributed by atoms with E-state index < -0.39 is 0 Å². The van der Waals surface area contributed by atoms with Crippen molar-refractivity contribution in [3.05, 3.63) is 39.9 Å². The molecule has 0 saturated heterocycles. The van der Waals surface area contributed by atoms with Crippen molar-refractivity contribution in [3.8, 4) is 0 Å². The fourth-order valence-corrected chi connectivity index (χ4v) is 2.65. The lowest BCUT2D eigenvalue weighted by molar-refractivity contribution is 0.899. The number of fused-ring (bicyclic) bond motifs is 1. The molecule has 1 aliphatic rings. The van der Waals surface area contributed by atoms with E-state index in [1.165, 1.54) is 34.0 Å². The third-order valence-corrected chi connectivity index (χ3v) is 3.25. The number of aryl methyl sites for hydroxylation is 1. The highest BCUT2D eigenvalue weighted by atomic mass is 79.9. The molecule has 0 bridgehead atoms. The molecule has 0 heterocycles. The Hall–Kier alpha value is -0.600. The number of rotatable bonds is 2. The number of likely N-dealkylation sites (N-methyl/N-ethyl adjacent to an activating group) is 1. The maximum atomic E-state index is 3.62. The van der Waals surface area contributed by atoms with Gasteiger partial charge in [-0.25, -0.2) is 0 Å². The van der Waals surface area contributed by atoms with E-state index in [-0.39, 0.29) is 0 Å². The summed E-state index contributed by atoms with van der Waals surface area (Å²) < 4.78 is 1.22. The highest BCUT2D eigenvalue weighted by Crippen LogP contribution is 2.32. The molecule has 0 aliphatic heterocycles. The summed E-state index contributed by atoms with van der Waals surface area (Å²) in [5.41, 5.74) is 4.28. The predicted octanol–water partition coefficient (Wildman–Crippen LogP) is 3.00. The van der Waals surface area contributed by atoms with Crippen LogP contribution in [0.2, 0.25) is 0 Å². The number of nitrogens with one attached hydrogen (secondary N) is 1. The normalized spacial score (nSPS) is 14.9. The van der Waals surface area contributed by atoms with Crippen LogP contribution in [-0.4, -0.2) is 13.6 Å². The Kier molecular flexibility index (Phi) is 3.04. The Labute approximate surface area is 93.3 Å². The van der Waals surface area contributed by atoms with Crippen LogP contribution in [0.4, 0.5) is 0 Å². The minimum atomic E-state index is 0.954. The summed E-state index contributed by atoms with van der Waals surface area (Å²) in [5, 5.41) is 3.22. The van der Waals surface area contributed by atoms with Gasteiger partial charge in [-0.3, -0.25) is 0 Å². The van der Waals surface area contributed by atoms with Crippen LogP contribution in [0.5, 0.6) is 0 Å². The van der Waals surface area contributed by atoms with Crippen LogP contribution >= 0.6 is 15.9 Å². The number of hydrogen-bond donors (Lipinski definition) is 1. The lowest BCUT2D eigenvalue weighted by atomic mass is 9.91. The van der Waals surface area contributed by atoms with Crippen molar-refractivity contribution in [2.24, 2.45) is 0 Å². The first-order chi connectivity index (χ1) is 6.83. The van der Waals surface area contributed by atoms with E-state index in [9.17, 15) is 0 Å². The van der Waals surface area contributed by atoms with E-state index in [2.05, 4.69) is 45.5 Å². The number of benzene rings is 1. The van der Waals surface area contributed by atoms with Crippen molar-refractivity contribution in [1.29, 1.82) is 0 Å². The Morgan fingerprint density at radius 3 is 3.07 bits per heavy atom. The van der Waals surface area contributed by atoms with Gasteiger partial charge in [-0.15, -0.1) is 0 Å².